The first-order chi connectivity index (χ1) is 15.6. The molecule has 1 aliphatic rings. The van der Waals surface area contributed by atoms with Gasteiger partial charge in [0.1, 0.15) is 5.75 Å². The molecule has 1 saturated heterocycles. The first-order valence-electron chi connectivity index (χ1n) is 11.5. The van der Waals surface area contributed by atoms with Crippen molar-refractivity contribution in [2.75, 3.05) is 25.1 Å². The van der Waals surface area contributed by atoms with Crippen LogP contribution in [-0.4, -0.2) is 36.1 Å². The Kier molecular flexibility index (Phi) is 6.88. The Balaban J connectivity index is 1.61. The highest BCUT2D eigenvalue weighted by Crippen LogP contribution is 2.29. The molecule has 1 aliphatic heterocycles. The molecule has 1 fully saturated rings. The number of ether oxygens (including phenoxy) is 1. The Morgan fingerprint density at radius 1 is 0.938 bits per heavy atom. The van der Waals surface area contributed by atoms with Crippen molar-refractivity contribution in [2.45, 2.75) is 51.5 Å². The van der Waals surface area contributed by atoms with Gasteiger partial charge in [-0.15, -0.1) is 0 Å². The predicted molar refractivity (Wildman–Crippen MR) is 128 cm³/mol. The number of carbonyl (C=O) groups is 1. The summed E-state index contributed by atoms with van der Waals surface area (Å²) >= 11 is 0. The van der Waals surface area contributed by atoms with Gasteiger partial charge in [0.15, 0.2) is 5.82 Å². The lowest BCUT2D eigenvalue weighted by Gasteiger charge is -2.26. The number of hydrogen-bond donors (Lipinski definition) is 1. The van der Waals surface area contributed by atoms with Crippen LogP contribution in [0.15, 0.2) is 48.5 Å². The van der Waals surface area contributed by atoms with Crippen LogP contribution in [0.5, 0.6) is 5.75 Å². The van der Waals surface area contributed by atoms with E-state index in [1.165, 1.54) is 12.8 Å². The SMILES string of the molecule is COc1ccc(C(C)NC(=O)C(C)c2nc3ccccc3nc2N2CCCCCC2)cc1. The Labute approximate surface area is 190 Å². The number of amides is 1. The van der Waals surface area contributed by atoms with Crippen LogP contribution in [0.4, 0.5) is 5.82 Å². The summed E-state index contributed by atoms with van der Waals surface area (Å²) in [5.41, 5.74) is 3.48. The van der Waals surface area contributed by atoms with Crippen molar-refractivity contribution in [1.82, 2.24) is 15.3 Å². The van der Waals surface area contributed by atoms with Crippen molar-refractivity contribution in [1.29, 1.82) is 0 Å². The summed E-state index contributed by atoms with van der Waals surface area (Å²) < 4.78 is 5.23. The molecule has 1 aromatic heterocycles. The van der Waals surface area contributed by atoms with Gasteiger partial charge in [-0.05, 0) is 56.5 Å². The second kappa shape index (κ2) is 9.98. The largest absolute Gasteiger partial charge is 0.497 e. The zero-order chi connectivity index (χ0) is 22.5. The number of aromatic nitrogens is 2. The van der Waals surface area contributed by atoms with E-state index in [2.05, 4.69) is 10.2 Å². The Morgan fingerprint density at radius 2 is 1.56 bits per heavy atom. The molecule has 2 aromatic carbocycles. The van der Waals surface area contributed by atoms with Gasteiger partial charge in [0, 0.05) is 13.1 Å². The summed E-state index contributed by atoms with van der Waals surface area (Å²) in [4.78, 5) is 25.5. The molecule has 0 bridgehead atoms. The van der Waals surface area contributed by atoms with Crippen molar-refractivity contribution in [3.63, 3.8) is 0 Å². The van der Waals surface area contributed by atoms with Gasteiger partial charge in [0.05, 0.1) is 35.8 Å². The van der Waals surface area contributed by atoms with Gasteiger partial charge in [0.2, 0.25) is 5.91 Å². The standard InChI is InChI=1S/C26H32N4O2/c1-18(26(31)27-19(2)20-12-14-21(32-3)15-13-20)24-25(30-16-8-4-5-9-17-30)29-23-11-7-6-10-22(23)28-24/h6-7,10-15,18-19H,4-5,8-9,16-17H2,1-3H3,(H,27,31). The molecule has 2 atom stereocenters. The van der Waals surface area contributed by atoms with Gasteiger partial charge >= 0.3 is 0 Å². The molecule has 0 spiro atoms. The number of fused-ring (bicyclic) bond motifs is 1. The monoisotopic (exact) mass is 432 g/mol. The smallest absolute Gasteiger partial charge is 0.229 e. The summed E-state index contributed by atoms with van der Waals surface area (Å²) in [6.07, 6.45) is 4.76. The van der Waals surface area contributed by atoms with Crippen LogP contribution in [0, 0.1) is 0 Å². The lowest BCUT2D eigenvalue weighted by molar-refractivity contribution is -0.122. The van der Waals surface area contributed by atoms with Crippen LogP contribution in [0.3, 0.4) is 0 Å². The number of carbonyl (C=O) groups excluding carboxylic acids is 1. The van der Waals surface area contributed by atoms with Crippen molar-refractivity contribution in [3.05, 3.63) is 59.8 Å². The lowest BCUT2D eigenvalue weighted by Crippen LogP contribution is -2.33. The summed E-state index contributed by atoms with van der Waals surface area (Å²) in [6.45, 7) is 5.83. The molecule has 2 heterocycles. The third-order valence-corrected chi connectivity index (χ3v) is 6.26. The molecule has 3 aromatic rings. The maximum Gasteiger partial charge on any atom is 0.229 e. The van der Waals surface area contributed by atoms with E-state index < -0.39 is 5.92 Å². The van der Waals surface area contributed by atoms with Crippen molar-refractivity contribution in [2.24, 2.45) is 0 Å². The van der Waals surface area contributed by atoms with E-state index in [1.54, 1.807) is 7.11 Å². The van der Waals surface area contributed by atoms with E-state index in [4.69, 9.17) is 14.7 Å². The zero-order valence-electron chi connectivity index (χ0n) is 19.2. The quantitative estimate of drug-likeness (QED) is 0.594. The van der Waals surface area contributed by atoms with Gasteiger partial charge in [-0.25, -0.2) is 9.97 Å². The fourth-order valence-corrected chi connectivity index (χ4v) is 4.25. The fourth-order valence-electron chi connectivity index (χ4n) is 4.25. The third-order valence-electron chi connectivity index (χ3n) is 6.26. The van der Waals surface area contributed by atoms with E-state index in [-0.39, 0.29) is 11.9 Å². The molecule has 2 unspecified atom stereocenters. The van der Waals surface area contributed by atoms with Crippen LogP contribution in [-0.2, 0) is 4.79 Å². The van der Waals surface area contributed by atoms with Crippen LogP contribution in [0.2, 0.25) is 0 Å². The van der Waals surface area contributed by atoms with Gasteiger partial charge in [-0.3, -0.25) is 4.79 Å². The molecule has 4 rings (SSSR count). The fraction of sp³-hybridized carbons (Fsp3) is 0.423. The average molecular weight is 433 g/mol. The van der Waals surface area contributed by atoms with Gasteiger partial charge in [-0.1, -0.05) is 37.1 Å². The van der Waals surface area contributed by atoms with Crippen LogP contribution < -0.4 is 15.0 Å². The van der Waals surface area contributed by atoms with Crippen LogP contribution >= 0.6 is 0 Å². The van der Waals surface area contributed by atoms with Gasteiger partial charge in [0.25, 0.3) is 0 Å². The number of methoxy groups -OCH3 is 1. The predicted octanol–water partition coefficient (Wildman–Crippen LogP) is 5.00. The number of rotatable bonds is 6. The van der Waals surface area contributed by atoms with E-state index >= 15 is 0 Å². The summed E-state index contributed by atoms with van der Waals surface area (Å²) in [6, 6.07) is 15.6. The number of para-hydroxylation sites is 2. The Bertz CT molecular complexity index is 1060. The second-order valence-corrected chi connectivity index (χ2v) is 8.55. The minimum Gasteiger partial charge on any atom is -0.497 e. The highest BCUT2D eigenvalue weighted by molar-refractivity contribution is 5.86. The van der Waals surface area contributed by atoms with E-state index in [1.807, 2.05) is 62.4 Å². The van der Waals surface area contributed by atoms with Gasteiger partial charge < -0.3 is 15.0 Å². The summed E-state index contributed by atoms with van der Waals surface area (Å²) in [5.74, 6) is 1.19. The van der Waals surface area contributed by atoms with Crippen LogP contribution in [0.25, 0.3) is 11.0 Å². The van der Waals surface area contributed by atoms with E-state index in [0.29, 0.717) is 0 Å². The molecule has 168 valence electrons. The van der Waals surface area contributed by atoms with E-state index in [0.717, 1.165) is 59.8 Å². The zero-order valence-corrected chi connectivity index (χ0v) is 19.2. The Hall–Kier alpha value is -3.15. The highest BCUT2D eigenvalue weighted by atomic mass is 16.5. The summed E-state index contributed by atoms with van der Waals surface area (Å²) in [7, 11) is 1.65. The Morgan fingerprint density at radius 3 is 2.19 bits per heavy atom. The van der Waals surface area contributed by atoms with Crippen LogP contribution in [0.1, 0.15) is 62.7 Å². The number of nitrogens with zero attached hydrogens (tertiary/aromatic N) is 3. The maximum atomic E-state index is 13.3. The number of hydrogen-bond acceptors (Lipinski definition) is 5. The normalized spacial score (nSPS) is 16.3. The number of benzene rings is 2. The van der Waals surface area contributed by atoms with E-state index in [9.17, 15) is 4.79 Å². The minimum absolute atomic E-state index is 0.0472. The minimum atomic E-state index is -0.411. The molecule has 32 heavy (non-hydrogen) atoms. The third kappa shape index (κ3) is 4.85. The molecule has 1 N–H and O–H groups in total. The number of nitrogens with one attached hydrogen (secondary N) is 1. The molecule has 1 amide bonds. The molecule has 0 radical (unpaired) electrons. The average Bonchev–Trinajstić information content (AvgIpc) is 3.12. The highest BCUT2D eigenvalue weighted by Gasteiger charge is 2.26. The first kappa shape index (κ1) is 22.1. The molecular weight excluding hydrogens is 400 g/mol. The van der Waals surface area contributed by atoms with Gasteiger partial charge in [-0.2, -0.15) is 0 Å². The molecular formula is C26H32N4O2. The summed E-state index contributed by atoms with van der Waals surface area (Å²) in [5, 5.41) is 3.16. The number of anilines is 1. The lowest BCUT2D eigenvalue weighted by atomic mass is 10.0. The maximum absolute atomic E-state index is 13.3. The topological polar surface area (TPSA) is 67.3 Å². The first-order valence-corrected chi connectivity index (χ1v) is 11.5. The van der Waals surface area contributed by atoms with Crippen molar-refractivity contribution in [3.8, 4) is 5.75 Å². The molecule has 6 nitrogen and oxygen atoms in total. The second-order valence-electron chi connectivity index (χ2n) is 8.55. The molecule has 6 heteroatoms. The molecule has 0 aliphatic carbocycles. The van der Waals surface area contributed by atoms with Crippen molar-refractivity contribution < 1.29 is 9.53 Å². The molecule has 0 saturated carbocycles. The van der Waals surface area contributed by atoms with Crippen molar-refractivity contribution >= 4 is 22.8 Å².